The normalized spacial score (nSPS) is 13.8. The summed E-state index contributed by atoms with van der Waals surface area (Å²) in [5.74, 6) is -0.874. The molecule has 0 amide bonds. The number of methoxy groups -OCH3 is 2. The minimum atomic E-state index is -0.842. The number of benzene rings is 1. The number of aliphatic hydroxyl groups excluding tert-OH is 1. The molecule has 4 heteroatoms. The van der Waals surface area contributed by atoms with E-state index in [4.69, 9.17) is 9.47 Å². The van der Waals surface area contributed by atoms with Gasteiger partial charge in [-0.25, -0.2) is 0 Å². The molecular formula is C16H24O4. The second-order valence-electron chi connectivity index (χ2n) is 4.89. The molecule has 0 aromatic heterocycles. The van der Waals surface area contributed by atoms with Gasteiger partial charge in [-0.2, -0.15) is 0 Å². The fourth-order valence-corrected chi connectivity index (χ4v) is 2.25. The fraction of sp³-hybridized carbons (Fsp3) is 0.562. The third-order valence-electron chi connectivity index (χ3n) is 3.36. The summed E-state index contributed by atoms with van der Waals surface area (Å²) in [4.78, 5) is 11.8. The summed E-state index contributed by atoms with van der Waals surface area (Å²) in [5.41, 5.74) is 1.70. The Labute approximate surface area is 120 Å². The molecule has 2 atom stereocenters. The van der Waals surface area contributed by atoms with Crippen LogP contribution in [0.15, 0.2) is 24.3 Å². The number of rotatable bonds is 8. The van der Waals surface area contributed by atoms with Gasteiger partial charge >= 0.3 is 5.97 Å². The lowest BCUT2D eigenvalue weighted by atomic mass is 9.90. The molecule has 0 aliphatic rings. The summed E-state index contributed by atoms with van der Waals surface area (Å²) < 4.78 is 9.89. The van der Waals surface area contributed by atoms with E-state index in [0.717, 1.165) is 24.0 Å². The summed E-state index contributed by atoms with van der Waals surface area (Å²) in [7, 11) is 2.98. The first-order valence-electron chi connectivity index (χ1n) is 6.97. The monoisotopic (exact) mass is 280 g/mol. The average Bonchev–Trinajstić information content (AvgIpc) is 2.47. The van der Waals surface area contributed by atoms with Crippen molar-refractivity contribution in [1.82, 2.24) is 0 Å². The van der Waals surface area contributed by atoms with Gasteiger partial charge in [0, 0.05) is 7.11 Å². The number of hydrogen-bond donors (Lipinski definition) is 1. The van der Waals surface area contributed by atoms with E-state index in [2.05, 4.69) is 6.92 Å². The second-order valence-corrected chi connectivity index (χ2v) is 4.89. The largest absolute Gasteiger partial charge is 0.469 e. The van der Waals surface area contributed by atoms with Crippen molar-refractivity contribution in [3.8, 4) is 0 Å². The zero-order valence-corrected chi connectivity index (χ0v) is 12.5. The average molecular weight is 280 g/mol. The van der Waals surface area contributed by atoms with Gasteiger partial charge in [0.2, 0.25) is 0 Å². The highest BCUT2D eigenvalue weighted by atomic mass is 16.5. The smallest absolute Gasteiger partial charge is 0.311 e. The molecule has 1 N–H and O–H groups in total. The quantitative estimate of drug-likeness (QED) is 0.744. The number of esters is 1. The van der Waals surface area contributed by atoms with E-state index >= 15 is 0 Å². The Morgan fingerprint density at radius 1 is 1.35 bits per heavy atom. The Balaban J connectivity index is 2.89. The molecule has 20 heavy (non-hydrogen) atoms. The molecule has 0 bridgehead atoms. The summed E-state index contributed by atoms with van der Waals surface area (Å²) in [6, 6.07) is 7.49. The van der Waals surface area contributed by atoms with Crippen molar-refractivity contribution in [2.45, 2.75) is 38.9 Å². The third kappa shape index (κ3) is 4.62. The van der Waals surface area contributed by atoms with Crippen molar-refractivity contribution in [1.29, 1.82) is 0 Å². The van der Waals surface area contributed by atoms with Crippen LogP contribution in [-0.4, -0.2) is 25.3 Å². The van der Waals surface area contributed by atoms with Crippen LogP contribution in [0.4, 0.5) is 0 Å². The van der Waals surface area contributed by atoms with E-state index in [1.165, 1.54) is 7.11 Å². The molecule has 0 fully saturated rings. The van der Waals surface area contributed by atoms with E-state index in [1.807, 2.05) is 24.3 Å². The highest BCUT2D eigenvalue weighted by Gasteiger charge is 2.28. The molecule has 0 spiro atoms. The number of carbonyl (C=O) groups is 1. The van der Waals surface area contributed by atoms with Gasteiger partial charge in [0.15, 0.2) is 0 Å². The van der Waals surface area contributed by atoms with Crippen LogP contribution in [0.3, 0.4) is 0 Å². The lowest BCUT2D eigenvalue weighted by molar-refractivity contribution is -0.150. The van der Waals surface area contributed by atoms with Gasteiger partial charge in [-0.05, 0) is 17.5 Å². The molecule has 0 aliphatic carbocycles. The van der Waals surface area contributed by atoms with Gasteiger partial charge in [-0.15, -0.1) is 0 Å². The zero-order chi connectivity index (χ0) is 15.0. The Bertz CT molecular complexity index is 417. The van der Waals surface area contributed by atoms with Gasteiger partial charge in [0.1, 0.15) is 0 Å². The number of hydrogen-bond acceptors (Lipinski definition) is 4. The molecule has 0 heterocycles. The van der Waals surface area contributed by atoms with E-state index in [0.29, 0.717) is 13.0 Å². The van der Waals surface area contributed by atoms with Gasteiger partial charge in [0.05, 0.1) is 25.7 Å². The molecule has 1 aromatic carbocycles. The van der Waals surface area contributed by atoms with Crippen LogP contribution in [-0.2, 0) is 20.9 Å². The first kappa shape index (κ1) is 16.7. The van der Waals surface area contributed by atoms with Gasteiger partial charge in [-0.1, -0.05) is 44.0 Å². The summed E-state index contributed by atoms with van der Waals surface area (Å²) in [6.45, 7) is 2.54. The van der Waals surface area contributed by atoms with Crippen LogP contribution in [0.25, 0.3) is 0 Å². The maximum Gasteiger partial charge on any atom is 0.311 e. The fourth-order valence-electron chi connectivity index (χ4n) is 2.25. The van der Waals surface area contributed by atoms with E-state index in [-0.39, 0.29) is 5.97 Å². The van der Waals surface area contributed by atoms with E-state index in [9.17, 15) is 9.90 Å². The molecular weight excluding hydrogens is 256 g/mol. The number of unbranched alkanes of at least 4 members (excludes halogenated alkanes) is 1. The van der Waals surface area contributed by atoms with Gasteiger partial charge in [-0.3, -0.25) is 4.79 Å². The minimum absolute atomic E-state index is 0.358. The van der Waals surface area contributed by atoms with Crippen molar-refractivity contribution < 1.29 is 19.4 Å². The van der Waals surface area contributed by atoms with E-state index < -0.39 is 12.0 Å². The van der Waals surface area contributed by atoms with Crippen molar-refractivity contribution >= 4 is 5.97 Å². The maximum atomic E-state index is 11.8. The highest BCUT2D eigenvalue weighted by molar-refractivity contribution is 5.73. The molecule has 2 unspecified atom stereocenters. The van der Waals surface area contributed by atoms with E-state index in [1.54, 1.807) is 7.11 Å². The third-order valence-corrected chi connectivity index (χ3v) is 3.36. The van der Waals surface area contributed by atoms with Crippen LogP contribution in [0.5, 0.6) is 0 Å². The van der Waals surface area contributed by atoms with Crippen LogP contribution in [0.1, 0.15) is 43.4 Å². The summed E-state index contributed by atoms with van der Waals surface area (Å²) in [5, 5.41) is 10.5. The Kier molecular flexibility index (Phi) is 7.26. The predicted octanol–water partition coefficient (Wildman–Crippen LogP) is 2.85. The summed E-state index contributed by atoms with van der Waals surface area (Å²) >= 11 is 0. The second kappa shape index (κ2) is 8.72. The highest BCUT2D eigenvalue weighted by Crippen LogP contribution is 2.28. The lowest BCUT2D eigenvalue weighted by Crippen LogP contribution is -2.23. The van der Waals surface area contributed by atoms with Crippen molar-refractivity contribution in [3.05, 3.63) is 35.4 Å². The number of aliphatic hydroxyl groups is 1. The van der Waals surface area contributed by atoms with Crippen molar-refractivity contribution in [2.75, 3.05) is 14.2 Å². The molecule has 1 aromatic rings. The molecule has 1 rings (SSSR count). The molecule has 112 valence electrons. The van der Waals surface area contributed by atoms with Gasteiger partial charge < -0.3 is 14.6 Å². The first-order chi connectivity index (χ1) is 9.63. The minimum Gasteiger partial charge on any atom is -0.469 e. The maximum absolute atomic E-state index is 11.8. The molecule has 0 saturated carbocycles. The number of carbonyl (C=O) groups excluding carboxylic acids is 1. The predicted molar refractivity (Wildman–Crippen MR) is 77.1 cm³/mol. The van der Waals surface area contributed by atoms with Crippen LogP contribution in [0, 0.1) is 5.92 Å². The van der Waals surface area contributed by atoms with Crippen LogP contribution < -0.4 is 0 Å². The SMILES string of the molecule is CCCCC(C(=O)OC)C(O)c1cccc(COC)c1. The first-order valence-corrected chi connectivity index (χ1v) is 6.97. The summed E-state index contributed by atoms with van der Waals surface area (Å²) in [6.07, 6.45) is 1.64. The zero-order valence-electron chi connectivity index (χ0n) is 12.5. The van der Waals surface area contributed by atoms with Crippen LogP contribution >= 0.6 is 0 Å². The molecule has 0 radical (unpaired) electrons. The number of ether oxygens (including phenoxy) is 2. The molecule has 4 nitrogen and oxygen atoms in total. The van der Waals surface area contributed by atoms with Crippen molar-refractivity contribution in [3.63, 3.8) is 0 Å². The standard InChI is InChI=1S/C16H24O4/c1-4-5-9-14(16(18)20-3)15(17)13-8-6-7-12(10-13)11-19-2/h6-8,10,14-15,17H,4-5,9,11H2,1-3H3. The topological polar surface area (TPSA) is 55.8 Å². The Morgan fingerprint density at radius 3 is 2.70 bits per heavy atom. The molecule has 0 aliphatic heterocycles. The van der Waals surface area contributed by atoms with Crippen molar-refractivity contribution in [2.24, 2.45) is 5.92 Å². The molecule has 0 saturated heterocycles. The Morgan fingerprint density at radius 2 is 2.10 bits per heavy atom. The lowest BCUT2D eigenvalue weighted by Gasteiger charge is -2.21. The van der Waals surface area contributed by atoms with Gasteiger partial charge in [0.25, 0.3) is 0 Å². The Hall–Kier alpha value is -1.39. The van der Waals surface area contributed by atoms with Crippen LogP contribution in [0.2, 0.25) is 0 Å².